The number of aromatic nitrogens is 1. The van der Waals surface area contributed by atoms with Crippen LogP contribution in [0, 0.1) is 5.92 Å². The van der Waals surface area contributed by atoms with Crippen LogP contribution in [-0.2, 0) is 21.2 Å². The number of carbonyl (C=O) groups is 1. The minimum absolute atomic E-state index is 0.0377. The van der Waals surface area contributed by atoms with Crippen LogP contribution in [0.1, 0.15) is 50.5 Å². The Bertz CT molecular complexity index is 1110. The number of benzene rings is 1. The van der Waals surface area contributed by atoms with E-state index in [2.05, 4.69) is 10.3 Å². The number of hydrogen-bond acceptors (Lipinski definition) is 4. The van der Waals surface area contributed by atoms with Crippen molar-refractivity contribution in [2.75, 3.05) is 18.8 Å². The van der Waals surface area contributed by atoms with Gasteiger partial charge in [0.15, 0.2) is 0 Å². The smallest absolute Gasteiger partial charge is 0.253 e. The van der Waals surface area contributed by atoms with Crippen LogP contribution in [0.5, 0.6) is 0 Å². The van der Waals surface area contributed by atoms with Crippen LogP contribution in [0.3, 0.4) is 0 Å². The van der Waals surface area contributed by atoms with Gasteiger partial charge in [-0.3, -0.25) is 9.79 Å². The SMILES string of the molecule is O=C1NC(C2CCCCC2)=NC12CCN(S(=O)(=O)CCc1cccc3[nH]ccc13)CC2. The number of H-pyrrole nitrogens is 1. The van der Waals surface area contributed by atoms with Crippen molar-refractivity contribution in [1.29, 1.82) is 0 Å². The van der Waals surface area contributed by atoms with E-state index in [1.165, 1.54) is 19.3 Å². The Morgan fingerprint density at radius 1 is 1.10 bits per heavy atom. The van der Waals surface area contributed by atoms with Crippen molar-refractivity contribution in [3.63, 3.8) is 0 Å². The van der Waals surface area contributed by atoms with Crippen LogP contribution >= 0.6 is 0 Å². The molecule has 3 heterocycles. The van der Waals surface area contributed by atoms with Crippen LogP contribution in [0.15, 0.2) is 35.5 Å². The summed E-state index contributed by atoms with van der Waals surface area (Å²) < 4.78 is 27.6. The van der Waals surface area contributed by atoms with Gasteiger partial charge in [-0.05, 0) is 49.8 Å². The van der Waals surface area contributed by atoms with E-state index >= 15 is 0 Å². The molecule has 1 aromatic carbocycles. The number of nitrogens with one attached hydrogen (secondary N) is 2. The molecule has 5 rings (SSSR count). The lowest BCUT2D eigenvalue weighted by molar-refractivity contribution is -0.125. The van der Waals surface area contributed by atoms with Crippen molar-refractivity contribution in [1.82, 2.24) is 14.6 Å². The first-order valence-corrected chi connectivity index (χ1v) is 13.0. The Hall–Kier alpha value is -2.19. The number of carbonyl (C=O) groups excluding carboxylic acids is 1. The molecule has 1 aliphatic carbocycles. The van der Waals surface area contributed by atoms with Crippen LogP contribution in [0.2, 0.25) is 0 Å². The van der Waals surface area contributed by atoms with Crippen LogP contribution in [0.25, 0.3) is 10.9 Å². The van der Waals surface area contributed by atoms with Gasteiger partial charge in [-0.25, -0.2) is 12.7 Å². The lowest BCUT2D eigenvalue weighted by atomic mass is 9.88. The highest BCUT2D eigenvalue weighted by Crippen LogP contribution is 2.35. The molecule has 8 heteroatoms. The fraction of sp³-hybridized carbons (Fsp3) is 0.565. The summed E-state index contributed by atoms with van der Waals surface area (Å²) in [5.74, 6) is 1.24. The van der Waals surface area contributed by atoms with Crippen molar-refractivity contribution in [3.8, 4) is 0 Å². The van der Waals surface area contributed by atoms with Gasteiger partial charge in [0.05, 0.1) is 5.75 Å². The highest BCUT2D eigenvalue weighted by Gasteiger charge is 2.48. The largest absolute Gasteiger partial charge is 0.361 e. The van der Waals surface area contributed by atoms with E-state index in [4.69, 9.17) is 4.99 Å². The van der Waals surface area contributed by atoms with Crippen molar-refractivity contribution >= 4 is 32.7 Å². The molecule has 0 atom stereocenters. The molecular formula is C23H30N4O3S. The second-order valence-corrected chi connectivity index (χ2v) is 11.2. The molecule has 0 bridgehead atoms. The van der Waals surface area contributed by atoms with Crippen molar-refractivity contribution < 1.29 is 13.2 Å². The predicted molar refractivity (Wildman–Crippen MR) is 121 cm³/mol. The Labute approximate surface area is 183 Å². The van der Waals surface area contributed by atoms with Crippen molar-refractivity contribution in [2.45, 2.75) is 56.9 Å². The first-order chi connectivity index (χ1) is 15.0. The summed E-state index contributed by atoms with van der Waals surface area (Å²) in [5.41, 5.74) is 1.29. The first kappa shape index (κ1) is 20.7. The van der Waals surface area contributed by atoms with E-state index in [1.54, 1.807) is 4.31 Å². The number of hydrogen-bond donors (Lipinski definition) is 2. The maximum atomic E-state index is 13.0. The summed E-state index contributed by atoms with van der Waals surface area (Å²) in [6, 6.07) is 7.92. The van der Waals surface area contributed by atoms with Crippen LogP contribution in [-0.4, -0.2) is 53.8 Å². The molecule has 0 unspecified atom stereocenters. The molecule has 0 radical (unpaired) electrons. The fourth-order valence-corrected chi connectivity index (χ4v) is 6.80. The number of sulfonamides is 1. The van der Waals surface area contributed by atoms with Gasteiger partial charge in [-0.15, -0.1) is 0 Å². The van der Waals surface area contributed by atoms with E-state index in [0.29, 0.717) is 38.3 Å². The fourth-order valence-electron chi connectivity index (χ4n) is 5.32. The molecule has 1 amide bonds. The average molecular weight is 443 g/mol. The molecular weight excluding hydrogens is 412 g/mol. The summed E-state index contributed by atoms with van der Waals surface area (Å²) >= 11 is 0. The normalized spacial score (nSPS) is 22.7. The minimum atomic E-state index is -3.39. The Balaban J connectivity index is 1.24. The van der Waals surface area contributed by atoms with E-state index in [9.17, 15) is 13.2 Å². The number of piperidine rings is 1. The molecule has 2 aromatic rings. The standard InChI is InChI=1S/C23H30N4O3S/c28-22-23(26-21(25-22)18-5-2-1-3-6-18)11-14-27(15-12-23)31(29,30)16-10-17-7-4-8-20-19(17)9-13-24-20/h4,7-9,13,18,24H,1-3,5-6,10-12,14-16H2,(H,25,26,28). The predicted octanol–water partition coefficient (Wildman–Crippen LogP) is 2.98. The van der Waals surface area contributed by atoms with Gasteiger partial charge in [0, 0.05) is 36.1 Å². The lowest BCUT2D eigenvalue weighted by Crippen LogP contribution is -2.51. The van der Waals surface area contributed by atoms with Gasteiger partial charge in [0.25, 0.3) is 5.91 Å². The molecule has 31 heavy (non-hydrogen) atoms. The molecule has 1 spiro atoms. The third kappa shape index (κ3) is 3.91. The number of nitrogens with zero attached hydrogens (tertiary/aromatic N) is 2. The van der Waals surface area contributed by atoms with Gasteiger partial charge in [-0.2, -0.15) is 0 Å². The number of aromatic amines is 1. The Kier molecular flexibility index (Phi) is 5.38. The third-order valence-electron chi connectivity index (χ3n) is 7.25. The number of amides is 1. The van der Waals surface area contributed by atoms with Gasteiger partial charge in [-0.1, -0.05) is 31.4 Å². The van der Waals surface area contributed by atoms with Crippen molar-refractivity contribution in [2.24, 2.45) is 10.9 Å². The van der Waals surface area contributed by atoms with Crippen LogP contribution in [0.4, 0.5) is 0 Å². The van der Waals surface area contributed by atoms with E-state index in [0.717, 1.165) is 35.1 Å². The number of aliphatic imine (C=N–C) groups is 1. The molecule has 2 N–H and O–H groups in total. The minimum Gasteiger partial charge on any atom is -0.361 e. The quantitative estimate of drug-likeness (QED) is 0.745. The summed E-state index contributed by atoms with van der Waals surface area (Å²) in [7, 11) is -3.39. The maximum Gasteiger partial charge on any atom is 0.253 e. The second-order valence-electron chi connectivity index (χ2n) is 9.14. The topological polar surface area (TPSA) is 94.6 Å². The summed E-state index contributed by atoms with van der Waals surface area (Å²) in [6.45, 7) is 0.705. The molecule has 2 aliphatic heterocycles. The van der Waals surface area contributed by atoms with E-state index < -0.39 is 15.6 Å². The molecule has 1 saturated heterocycles. The highest BCUT2D eigenvalue weighted by atomic mass is 32.2. The molecule has 1 saturated carbocycles. The van der Waals surface area contributed by atoms with Crippen molar-refractivity contribution in [3.05, 3.63) is 36.0 Å². The molecule has 3 aliphatic rings. The number of fused-ring (bicyclic) bond motifs is 1. The van der Waals surface area contributed by atoms with E-state index in [1.807, 2.05) is 30.5 Å². The Morgan fingerprint density at radius 3 is 2.65 bits per heavy atom. The van der Waals surface area contributed by atoms with Gasteiger partial charge < -0.3 is 10.3 Å². The number of aryl methyl sites for hydroxylation is 1. The molecule has 1 aromatic heterocycles. The summed E-state index contributed by atoms with van der Waals surface area (Å²) in [6.07, 6.45) is 9.08. The number of amidine groups is 1. The van der Waals surface area contributed by atoms with Gasteiger partial charge in [0.1, 0.15) is 11.4 Å². The average Bonchev–Trinajstić information content (AvgIpc) is 3.39. The Morgan fingerprint density at radius 2 is 1.87 bits per heavy atom. The zero-order valence-corrected chi connectivity index (χ0v) is 18.6. The molecule has 7 nitrogen and oxygen atoms in total. The third-order valence-corrected chi connectivity index (χ3v) is 9.12. The van der Waals surface area contributed by atoms with Crippen LogP contribution < -0.4 is 5.32 Å². The molecule has 166 valence electrons. The van der Waals surface area contributed by atoms with Gasteiger partial charge in [0.2, 0.25) is 10.0 Å². The maximum absolute atomic E-state index is 13.0. The summed E-state index contributed by atoms with van der Waals surface area (Å²) in [4.78, 5) is 20.8. The van der Waals surface area contributed by atoms with Gasteiger partial charge >= 0.3 is 0 Å². The lowest BCUT2D eigenvalue weighted by Gasteiger charge is -2.34. The summed E-state index contributed by atoms with van der Waals surface area (Å²) in [5, 5.41) is 4.11. The number of rotatable bonds is 5. The first-order valence-electron chi connectivity index (χ1n) is 11.4. The highest BCUT2D eigenvalue weighted by molar-refractivity contribution is 7.89. The monoisotopic (exact) mass is 442 g/mol. The second kappa shape index (κ2) is 8.06. The molecule has 2 fully saturated rings. The zero-order valence-electron chi connectivity index (χ0n) is 17.8. The zero-order chi connectivity index (χ0) is 21.5. The van der Waals surface area contributed by atoms with E-state index in [-0.39, 0.29) is 11.7 Å².